The molecule has 29 heavy (non-hydrogen) atoms. The van der Waals surface area contributed by atoms with Crippen LogP contribution in [0.3, 0.4) is 0 Å². The Morgan fingerprint density at radius 3 is 2.24 bits per heavy atom. The number of hydrogen-bond donors (Lipinski definition) is 0. The molecule has 0 fully saturated rings. The van der Waals surface area contributed by atoms with Crippen LogP contribution in [0.5, 0.6) is 0 Å². The van der Waals surface area contributed by atoms with Crippen LogP contribution >= 0.6 is 23.2 Å². The highest BCUT2D eigenvalue weighted by Crippen LogP contribution is 2.34. The zero-order valence-corrected chi connectivity index (χ0v) is 17.2. The Kier molecular flexibility index (Phi) is 5.32. The molecule has 144 valence electrons. The Morgan fingerprint density at radius 2 is 1.55 bits per heavy atom. The Morgan fingerprint density at radius 1 is 0.793 bits per heavy atom. The summed E-state index contributed by atoms with van der Waals surface area (Å²) in [6.07, 6.45) is 2.92. The molecule has 2 aromatic heterocycles. The van der Waals surface area contributed by atoms with Crippen molar-refractivity contribution in [2.24, 2.45) is 0 Å². The Bertz CT molecular complexity index is 1280. The van der Waals surface area contributed by atoms with Crippen molar-refractivity contribution in [3.05, 3.63) is 89.2 Å². The Balaban J connectivity index is 1.97. The first-order chi connectivity index (χ1) is 14.0. The van der Waals surface area contributed by atoms with Crippen LogP contribution in [-0.4, -0.2) is 23.4 Å². The van der Waals surface area contributed by atoms with E-state index in [4.69, 9.17) is 23.2 Å². The molecule has 0 saturated carbocycles. The molecule has 0 radical (unpaired) electrons. The van der Waals surface area contributed by atoms with Crippen molar-refractivity contribution in [3.8, 4) is 22.8 Å². The van der Waals surface area contributed by atoms with Crippen LogP contribution in [-0.2, 0) is 9.84 Å². The monoisotopic (exact) mass is 441 g/mol. The highest BCUT2D eigenvalue weighted by molar-refractivity contribution is 7.91. The van der Waals surface area contributed by atoms with Crippen molar-refractivity contribution >= 4 is 33.0 Å². The summed E-state index contributed by atoms with van der Waals surface area (Å²) < 4.78 is 26.5. The molecule has 0 atom stereocenters. The van der Waals surface area contributed by atoms with Gasteiger partial charge in [-0.2, -0.15) is 0 Å². The van der Waals surface area contributed by atoms with Crippen LogP contribution in [0.25, 0.3) is 22.8 Å². The lowest BCUT2D eigenvalue weighted by Gasteiger charge is -2.12. The molecule has 0 N–H and O–H groups in total. The Labute approximate surface area is 177 Å². The second-order valence-electron chi connectivity index (χ2n) is 6.07. The summed E-state index contributed by atoms with van der Waals surface area (Å²) in [7, 11) is -3.86. The highest BCUT2D eigenvalue weighted by atomic mass is 35.5. The highest BCUT2D eigenvalue weighted by Gasteiger charge is 2.25. The lowest BCUT2D eigenvalue weighted by atomic mass is 10.1. The van der Waals surface area contributed by atoms with Crippen molar-refractivity contribution in [1.82, 2.24) is 15.0 Å². The van der Waals surface area contributed by atoms with Gasteiger partial charge in [-0.3, -0.25) is 4.98 Å². The first-order valence-electron chi connectivity index (χ1n) is 8.51. The normalized spacial score (nSPS) is 11.4. The van der Waals surface area contributed by atoms with Crippen LogP contribution in [0.4, 0.5) is 0 Å². The summed E-state index contributed by atoms with van der Waals surface area (Å²) in [4.78, 5) is 13.1. The molecule has 0 bridgehead atoms. The molecule has 0 unspecified atom stereocenters. The summed E-state index contributed by atoms with van der Waals surface area (Å²) in [5, 5.41) is 0.659. The third kappa shape index (κ3) is 3.87. The van der Waals surface area contributed by atoms with E-state index in [9.17, 15) is 8.42 Å². The fourth-order valence-electron chi connectivity index (χ4n) is 2.76. The van der Waals surface area contributed by atoms with Crippen LogP contribution in [0.2, 0.25) is 10.0 Å². The number of hydrogen-bond acceptors (Lipinski definition) is 5. The van der Waals surface area contributed by atoms with Gasteiger partial charge >= 0.3 is 0 Å². The lowest BCUT2D eigenvalue weighted by Crippen LogP contribution is -2.07. The van der Waals surface area contributed by atoms with E-state index in [-0.39, 0.29) is 15.5 Å². The van der Waals surface area contributed by atoms with Gasteiger partial charge in [-0.25, -0.2) is 18.4 Å². The SMILES string of the molecule is O=S(=O)(c1ccccc1)c1cnc(-c2ccccn2)nc1-c1ccc(Cl)c(Cl)c1. The van der Waals surface area contributed by atoms with E-state index in [1.54, 1.807) is 60.8 Å². The minimum Gasteiger partial charge on any atom is -0.253 e. The maximum Gasteiger partial charge on any atom is 0.210 e. The number of benzene rings is 2. The molecule has 0 saturated heterocycles. The predicted octanol–water partition coefficient (Wildman–Crippen LogP) is 5.35. The van der Waals surface area contributed by atoms with Crippen molar-refractivity contribution in [3.63, 3.8) is 0 Å². The molecule has 4 aromatic rings. The van der Waals surface area contributed by atoms with E-state index in [1.807, 2.05) is 0 Å². The standard InChI is InChI=1S/C21H13Cl2N3O2S/c22-16-10-9-14(12-17(16)23)20-19(29(27,28)15-6-2-1-3-7-15)13-25-21(26-20)18-8-4-5-11-24-18/h1-13H. The van der Waals surface area contributed by atoms with E-state index >= 15 is 0 Å². The van der Waals surface area contributed by atoms with Crippen LogP contribution in [0.1, 0.15) is 0 Å². The smallest absolute Gasteiger partial charge is 0.210 e. The summed E-state index contributed by atoms with van der Waals surface area (Å²) in [6.45, 7) is 0. The maximum absolute atomic E-state index is 13.3. The maximum atomic E-state index is 13.3. The number of sulfone groups is 1. The number of halogens is 2. The molecule has 0 aliphatic heterocycles. The van der Waals surface area contributed by atoms with E-state index < -0.39 is 9.84 Å². The van der Waals surface area contributed by atoms with Gasteiger partial charge < -0.3 is 0 Å². The minimum absolute atomic E-state index is 0.0261. The summed E-state index contributed by atoms with van der Waals surface area (Å²) in [5.41, 5.74) is 1.26. The minimum atomic E-state index is -3.86. The van der Waals surface area contributed by atoms with Crippen molar-refractivity contribution in [2.45, 2.75) is 9.79 Å². The number of rotatable bonds is 4. The summed E-state index contributed by atoms with van der Waals surface area (Å²) in [6, 6.07) is 18.3. The van der Waals surface area contributed by atoms with E-state index in [1.165, 1.54) is 18.3 Å². The van der Waals surface area contributed by atoms with E-state index in [0.29, 0.717) is 27.1 Å². The molecule has 0 aliphatic rings. The third-order valence-electron chi connectivity index (χ3n) is 4.19. The van der Waals surface area contributed by atoms with Gasteiger partial charge in [0.25, 0.3) is 0 Å². The molecule has 8 heteroatoms. The second kappa shape index (κ2) is 7.91. The van der Waals surface area contributed by atoms with Gasteiger partial charge in [0.1, 0.15) is 10.6 Å². The molecule has 0 spiro atoms. The van der Waals surface area contributed by atoms with Gasteiger partial charge in [-0.1, -0.05) is 53.5 Å². The van der Waals surface area contributed by atoms with Gasteiger partial charge in [-0.15, -0.1) is 0 Å². The molecule has 4 rings (SSSR count). The average molecular weight is 442 g/mol. The molecule has 2 aromatic carbocycles. The molecular formula is C21H13Cl2N3O2S. The molecule has 5 nitrogen and oxygen atoms in total. The number of nitrogens with zero attached hydrogens (tertiary/aromatic N) is 3. The molecule has 0 amide bonds. The van der Waals surface area contributed by atoms with E-state index in [2.05, 4.69) is 15.0 Å². The number of pyridine rings is 1. The summed E-state index contributed by atoms with van der Waals surface area (Å²) in [5.74, 6) is 0.304. The van der Waals surface area contributed by atoms with Gasteiger partial charge in [0.15, 0.2) is 5.82 Å². The molecule has 2 heterocycles. The lowest BCUT2D eigenvalue weighted by molar-refractivity contribution is 0.595. The van der Waals surface area contributed by atoms with Crippen LogP contribution in [0, 0.1) is 0 Å². The average Bonchev–Trinajstić information content (AvgIpc) is 2.76. The largest absolute Gasteiger partial charge is 0.253 e. The first kappa shape index (κ1) is 19.5. The van der Waals surface area contributed by atoms with Gasteiger partial charge in [0.05, 0.1) is 26.8 Å². The van der Waals surface area contributed by atoms with Gasteiger partial charge in [-0.05, 0) is 36.4 Å². The van der Waals surface area contributed by atoms with Crippen molar-refractivity contribution < 1.29 is 8.42 Å². The fourth-order valence-corrected chi connectivity index (χ4v) is 4.44. The second-order valence-corrected chi connectivity index (χ2v) is 8.80. The first-order valence-corrected chi connectivity index (χ1v) is 10.7. The van der Waals surface area contributed by atoms with Crippen molar-refractivity contribution in [1.29, 1.82) is 0 Å². The Hall–Kier alpha value is -2.80. The van der Waals surface area contributed by atoms with Gasteiger partial charge in [0, 0.05) is 11.8 Å². The van der Waals surface area contributed by atoms with Crippen LogP contribution in [0.15, 0.2) is 88.9 Å². The van der Waals surface area contributed by atoms with Crippen molar-refractivity contribution in [2.75, 3.05) is 0 Å². The zero-order valence-electron chi connectivity index (χ0n) is 14.8. The topological polar surface area (TPSA) is 72.8 Å². The molecule has 0 aliphatic carbocycles. The van der Waals surface area contributed by atoms with E-state index in [0.717, 1.165) is 0 Å². The quantitative estimate of drug-likeness (QED) is 0.426. The summed E-state index contributed by atoms with van der Waals surface area (Å²) >= 11 is 12.2. The zero-order chi connectivity index (χ0) is 20.4. The van der Waals surface area contributed by atoms with Gasteiger partial charge in [0.2, 0.25) is 9.84 Å². The van der Waals surface area contributed by atoms with Crippen LogP contribution < -0.4 is 0 Å². The number of aromatic nitrogens is 3. The fraction of sp³-hybridized carbons (Fsp3) is 0. The predicted molar refractivity (Wildman–Crippen MR) is 113 cm³/mol. The third-order valence-corrected chi connectivity index (χ3v) is 6.69. The molecular weight excluding hydrogens is 429 g/mol.